The molecule has 0 spiro atoms. The zero-order valence-corrected chi connectivity index (χ0v) is 15.2. The zero-order valence-electron chi connectivity index (χ0n) is 15.2. The van der Waals surface area contributed by atoms with E-state index in [4.69, 9.17) is 0 Å². The van der Waals surface area contributed by atoms with Crippen LogP contribution in [0.3, 0.4) is 0 Å². The number of rotatable bonds is 5. The minimum absolute atomic E-state index is 0.0255. The van der Waals surface area contributed by atoms with Gasteiger partial charge in [0.15, 0.2) is 5.78 Å². The Labute approximate surface area is 145 Å². The molecule has 0 aromatic heterocycles. The molecule has 5 aliphatic rings. The molecule has 1 N–H and O–H groups in total. The Hall–Kier alpha value is -1.32. The van der Waals surface area contributed by atoms with Gasteiger partial charge in [-0.05, 0) is 68.6 Å². The van der Waals surface area contributed by atoms with Crippen molar-refractivity contribution in [2.45, 2.75) is 57.9 Å². The molecule has 0 atom stereocenters. The Morgan fingerprint density at radius 2 is 1.54 bits per heavy atom. The average molecular weight is 330 g/mol. The van der Waals surface area contributed by atoms with Crippen molar-refractivity contribution < 1.29 is 9.59 Å². The molecule has 5 rings (SSSR count). The Kier molecular flexibility index (Phi) is 3.77. The highest BCUT2D eigenvalue weighted by Gasteiger charge is 2.50. The summed E-state index contributed by atoms with van der Waals surface area (Å²) in [5.41, 5.74) is 0.0530. The maximum atomic E-state index is 13.0. The lowest BCUT2D eigenvalue weighted by molar-refractivity contribution is -0.127. The van der Waals surface area contributed by atoms with Crippen molar-refractivity contribution >= 4 is 11.7 Å². The van der Waals surface area contributed by atoms with Crippen molar-refractivity contribution in [3.05, 3.63) is 11.8 Å². The van der Waals surface area contributed by atoms with Crippen molar-refractivity contribution in [3.8, 4) is 0 Å². The number of amides is 1. The smallest absolute Gasteiger partial charge is 0.256 e. The molecule has 0 aliphatic heterocycles. The van der Waals surface area contributed by atoms with Crippen LogP contribution in [0.5, 0.6) is 0 Å². The van der Waals surface area contributed by atoms with Gasteiger partial charge >= 0.3 is 0 Å². The molecule has 4 bridgehead atoms. The molecule has 5 aliphatic carbocycles. The summed E-state index contributed by atoms with van der Waals surface area (Å²) in [6.45, 7) is 1.98. The van der Waals surface area contributed by atoms with Crippen LogP contribution in [0, 0.1) is 29.1 Å². The quantitative estimate of drug-likeness (QED) is 0.479. The Morgan fingerprint density at radius 1 is 1.00 bits per heavy atom. The molecule has 4 nitrogen and oxygen atoms in total. The zero-order chi connectivity index (χ0) is 17.1. The summed E-state index contributed by atoms with van der Waals surface area (Å²) < 4.78 is 0. The molecule has 132 valence electrons. The molecule has 5 saturated carbocycles. The van der Waals surface area contributed by atoms with E-state index < -0.39 is 0 Å². The van der Waals surface area contributed by atoms with Crippen LogP contribution >= 0.6 is 0 Å². The van der Waals surface area contributed by atoms with Gasteiger partial charge in [-0.3, -0.25) is 9.59 Å². The lowest BCUT2D eigenvalue weighted by atomic mass is 9.54. The van der Waals surface area contributed by atoms with Gasteiger partial charge in [0.05, 0.1) is 5.57 Å². The van der Waals surface area contributed by atoms with E-state index in [1.165, 1.54) is 32.1 Å². The molecule has 5 fully saturated rings. The van der Waals surface area contributed by atoms with Crippen LogP contribution in [0.2, 0.25) is 0 Å². The number of nitrogens with zero attached hydrogens (tertiary/aromatic N) is 1. The van der Waals surface area contributed by atoms with Gasteiger partial charge in [-0.15, -0.1) is 0 Å². The summed E-state index contributed by atoms with van der Waals surface area (Å²) in [7, 11) is 3.75. The first-order valence-electron chi connectivity index (χ1n) is 9.59. The number of carbonyl (C=O) groups is 2. The average Bonchev–Trinajstić information content (AvgIpc) is 3.26. The van der Waals surface area contributed by atoms with Gasteiger partial charge in [-0.1, -0.05) is 6.92 Å². The monoisotopic (exact) mass is 330 g/mol. The summed E-state index contributed by atoms with van der Waals surface area (Å²) in [5, 5.41) is 3.29. The Morgan fingerprint density at radius 3 is 2.00 bits per heavy atom. The maximum absolute atomic E-state index is 13.0. The van der Waals surface area contributed by atoms with Gasteiger partial charge in [0.1, 0.15) is 0 Å². The lowest BCUT2D eigenvalue weighted by Crippen LogP contribution is -2.56. The molecular formula is C20H30N2O2. The van der Waals surface area contributed by atoms with Crippen molar-refractivity contribution in [2.75, 3.05) is 14.1 Å². The highest BCUT2D eigenvalue weighted by atomic mass is 16.2. The number of nitrogens with one attached hydrogen (secondary N) is 1. The van der Waals surface area contributed by atoms with Gasteiger partial charge in [0.25, 0.3) is 5.91 Å². The fourth-order valence-corrected chi connectivity index (χ4v) is 5.61. The summed E-state index contributed by atoms with van der Waals surface area (Å²) in [6.07, 6.45) is 10.0. The maximum Gasteiger partial charge on any atom is 0.256 e. The van der Waals surface area contributed by atoms with Crippen LogP contribution in [-0.4, -0.2) is 36.7 Å². The number of hydrogen-bond acceptors (Lipinski definition) is 3. The third kappa shape index (κ3) is 2.78. The van der Waals surface area contributed by atoms with Crippen LogP contribution in [0.1, 0.15) is 51.9 Å². The Balaban J connectivity index is 1.50. The van der Waals surface area contributed by atoms with Crippen LogP contribution in [0.25, 0.3) is 0 Å². The lowest BCUT2D eigenvalue weighted by Gasteiger charge is -2.54. The minimum Gasteiger partial charge on any atom is -0.383 e. The highest BCUT2D eigenvalue weighted by molar-refractivity contribution is 6.21. The molecular weight excluding hydrogens is 300 g/mol. The van der Waals surface area contributed by atoms with E-state index in [0.717, 1.165) is 24.7 Å². The second-order valence-corrected chi connectivity index (χ2v) is 9.33. The van der Waals surface area contributed by atoms with E-state index in [2.05, 4.69) is 5.32 Å². The van der Waals surface area contributed by atoms with Gasteiger partial charge in [0, 0.05) is 31.8 Å². The molecule has 0 saturated heterocycles. The predicted octanol–water partition coefficient (Wildman–Crippen LogP) is 2.74. The van der Waals surface area contributed by atoms with Crippen LogP contribution < -0.4 is 5.32 Å². The minimum atomic E-state index is -0.302. The highest BCUT2D eigenvalue weighted by Crippen LogP contribution is 2.54. The van der Waals surface area contributed by atoms with Crippen LogP contribution in [-0.2, 0) is 9.59 Å². The van der Waals surface area contributed by atoms with Crippen LogP contribution in [0.4, 0.5) is 0 Å². The number of Topliss-reactive ketones (excluding diaryl/α,β-unsaturated/α-hetero) is 1. The summed E-state index contributed by atoms with van der Waals surface area (Å²) in [4.78, 5) is 27.6. The first-order chi connectivity index (χ1) is 11.4. The van der Waals surface area contributed by atoms with Gasteiger partial charge in [0.2, 0.25) is 0 Å². The van der Waals surface area contributed by atoms with E-state index in [1.54, 1.807) is 6.20 Å². The third-order valence-electron chi connectivity index (χ3n) is 6.95. The fraction of sp³-hybridized carbons (Fsp3) is 0.800. The molecule has 0 radical (unpaired) electrons. The molecule has 0 aromatic rings. The number of hydrogen-bond donors (Lipinski definition) is 1. The number of ketones is 1. The SMILES string of the molecule is CN(C)C=C(C(=O)NC1C2CC3CC(C2)CC1C3)C(=O)C1(C)CC1. The molecule has 0 aromatic carbocycles. The van der Waals surface area contributed by atoms with Crippen molar-refractivity contribution in [1.29, 1.82) is 0 Å². The van der Waals surface area contributed by atoms with Crippen molar-refractivity contribution in [3.63, 3.8) is 0 Å². The van der Waals surface area contributed by atoms with E-state index in [-0.39, 0.29) is 23.1 Å². The van der Waals surface area contributed by atoms with Gasteiger partial charge in [-0.2, -0.15) is 0 Å². The molecule has 0 heterocycles. The number of carbonyl (C=O) groups excluding carboxylic acids is 2. The summed E-state index contributed by atoms with van der Waals surface area (Å²) >= 11 is 0. The molecule has 1 amide bonds. The largest absolute Gasteiger partial charge is 0.383 e. The third-order valence-corrected chi connectivity index (χ3v) is 6.95. The van der Waals surface area contributed by atoms with Crippen LogP contribution in [0.15, 0.2) is 11.8 Å². The summed E-state index contributed by atoms with van der Waals surface area (Å²) in [6, 6.07) is 0.288. The first-order valence-corrected chi connectivity index (χ1v) is 9.59. The van der Waals surface area contributed by atoms with Gasteiger partial charge in [-0.25, -0.2) is 0 Å². The molecule has 0 unspecified atom stereocenters. The summed E-state index contributed by atoms with van der Waals surface area (Å²) in [5.74, 6) is 2.94. The molecule has 24 heavy (non-hydrogen) atoms. The second-order valence-electron chi connectivity index (χ2n) is 9.33. The topological polar surface area (TPSA) is 49.4 Å². The first kappa shape index (κ1) is 16.2. The van der Waals surface area contributed by atoms with E-state index in [9.17, 15) is 9.59 Å². The standard InChI is InChI=1S/C20H30N2O2/c1-20(4-5-20)18(23)16(11-22(2)3)19(24)21-17-14-7-12-6-13(9-14)10-15(17)8-12/h11-15,17H,4-10H2,1-3H3,(H,21,24). The van der Waals surface area contributed by atoms with Gasteiger partial charge < -0.3 is 10.2 Å². The fourth-order valence-electron chi connectivity index (χ4n) is 5.61. The normalized spacial score (nSPS) is 38.8. The molecule has 4 heteroatoms. The van der Waals surface area contributed by atoms with Crippen molar-refractivity contribution in [1.82, 2.24) is 10.2 Å². The van der Waals surface area contributed by atoms with Crippen molar-refractivity contribution in [2.24, 2.45) is 29.1 Å². The predicted molar refractivity (Wildman–Crippen MR) is 93.1 cm³/mol. The second kappa shape index (κ2) is 5.60. The Bertz CT molecular complexity index is 560. The van der Waals surface area contributed by atoms with E-state index >= 15 is 0 Å². The van der Waals surface area contributed by atoms with E-state index in [0.29, 0.717) is 17.4 Å². The van der Waals surface area contributed by atoms with E-state index in [1.807, 2.05) is 25.9 Å².